The van der Waals surface area contributed by atoms with Crippen molar-refractivity contribution in [2.24, 2.45) is 5.92 Å². The number of likely N-dealkylation sites (N-methyl/N-ethyl adjacent to an activating group) is 1. The Hall–Kier alpha value is -0.170. The summed E-state index contributed by atoms with van der Waals surface area (Å²) >= 11 is 0. The zero-order valence-electron chi connectivity index (χ0n) is 12.8. The summed E-state index contributed by atoms with van der Waals surface area (Å²) in [6, 6.07) is -0.311. The fraction of sp³-hybridized carbons (Fsp3) is 1.00. The van der Waals surface area contributed by atoms with Crippen molar-refractivity contribution in [2.45, 2.75) is 50.3 Å². The number of nitrogens with zero attached hydrogens (tertiary/aromatic N) is 1. The molecule has 0 spiro atoms. The molecule has 4 unspecified atom stereocenters. The van der Waals surface area contributed by atoms with Gasteiger partial charge in [-0.1, -0.05) is 19.8 Å². The Morgan fingerprint density at radius 2 is 2.05 bits per heavy atom. The van der Waals surface area contributed by atoms with Crippen LogP contribution in [0.1, 0.15) is 32.6 Å². The van der Waals surface area contributed by atoms with Crippen LogP contribution < -0.4 is 5.32 Å². The van der Waals surface area contributed by atoms with Gasteiger partial charge in [0.1, 0.15) is 0 Å². The number of sulfone groups is 1. The summed E-state index contributed by atoms with van der Waals surface area (Å²) in [5, 5.41) is 13.2. The van der Waals surface area contributed by atoms with Gasteiger partial charge in [-0.25, -0.2) is 8.42 Å². The van der Waals surface area contributed by atoms with Gasteiger partial charge in [0.05, 0.1) is 17.6 Å². The van der Waals surface area contributed by atoms with Gasteiger partial charge in [0.15, 0.2) is 9.84 Å². The molecule has 4 atom stereocenters. The number of nitrogens with one attached hydrogen (secondary N) is 1. The second kappa shape index (κ2) is 5.91. The Balaban J connectivity index is 2.00. The van der Waals surface area contributed by atoms with Gasteiger partial charge in [-0.2, -0.15) is 0 Å². The number of aliphatic hydroxyl groups excluding tert-OH is 1. The Morgan fingerprint density at radius 3 is 2.55 bits per heavy atom. The van der Waals surface area contributed by atoms with Crippen molar-refractivity contribution in [3.8, 4) is 0 Å². The van der Waals surface area contributed by atoms with E-state index in [4.69, 9.17) is 0 Å². The van der Waals surface area contributed by atoms with Crippen LogP contribution >= 0.6 is 0 Å². The lowest BCUT2D eigenvalue weighted by molar-refractivity contribution is 0.0657. The highest BCUT2D eigenvalue weighted by molar-refractivity contribution is 7.91. The summed E-state index contributed by atoms with van der Waals surface area (Å²) in [6.45, 7) is 3.04. The minimum atomic E-state index is -3.07. The highest BCUT2D eigenvalue weighted by Gasteiger charge is 2.40. The van der Waals surface area contributed by atoms with E-state index in [1.807, 2.05) is 0 Å². The molecule has 1 aliphatic heterocycles. The molecule has 5 nitrogen and oxygen atoms in total. The number of rotatable bonds is 4. The van der Waals surface area contributed by atoms with Crippen molar-refractivity contribution in [3.63, 3.8) is 0 Å². The minimum absolute atomic E-state index is 0.0627. The van der Waals surface area contributed by atoms with Gasteiger partial charge in [-0.15, -0.1) is 0 Å². The molecule has 2 fully saturated rings. The van der Waals surface area contributed by atoms with E-state index < -0.39 is 15.9 Å². The summed E-state index contributed by atoms with van der Waals surface area (Å²) < 4.78 is 23.1. The fourth-order valence-corrected chi connectivity index (χ4v) is 5.48. The SMILES string of the molecule is CC1CCCC(CNC2CS(=O)(=O)CC2O)(N(C)C)C1. The minimum Gasteiger partial charge on any atom is -0.390 e. The van der Waals surface area contributed by atoms with Crippen molar-refractivity contribution < 1.29 is 13.5 Å². The molecule has 1 heterocycles. The lowest BCUT2D eigenvalue weighted by Gasteiger charge is -2.46. The van der Waals surface area contributed by atoms with E-state index in [9.17, 15) is 13.5 Å². The van der Waals surface area contributed by atoms with Crippen LogP contribution in [0, 0.1) is 5.92 Å². The van der Waals surface area contributed by atoms with Gasteiger partial charge < -0.3 is 15.3 Å². The van der Waals surface area contributed by atoms with Crippen molar-refractivity contribution >= 4 is 9.84 Å². The van der Waals surface area contributed by atoms with Crippen LogP contribution in [0.3, 0.4) is 0 Å². The maximum Gasteiger partial charge on any atom is 0.154 e. The average Bonchev–Trinajstić information content (AvgIpc) is 2.59. The van der Waals surface area contributed by atoms with Crippen LogP contribution in [0.5, 0.6) is 0 Å². The highest BCUT2D eigenvalue weighted by atomic mass is 32.2. The van der Waals surface area contributed by atoms with Crippen LogP contribution in [-0.2, 0) is 9.84 Å². The largest absolute Gasteiger partial charge is 0.390 e. The molecule has 2 N–H and O–H groups in total. The van der Waals surface area contributed by atoms with Crippen LogP contribution in [-0.4, -0.2) is 68.3 Å². The summed E-state index contributed by atoms with van der Waals surface area (Å²) in [6.07, 6.45) is 3.98. The summed E-state index contributed by atoms with van der Waals surface area (Å²) in [7, 11) is 1.12. The van der Waals surface area contributed by atoms with Gasteiger partial charge in [-0.05, 0) is 32.9 Å². The van der Waals surface area contributed by atoms with Crippen LogP contribution in [0.2, 0.25) is 0 Å². The van der Waals surface area contributed by atoms with Crippen LogP contribution in [0.4, 0.5) is 0 Å². The van der Waals surface area contributed by atoms with E-state index >= 15 is 0 Å². The molecule has 1 saturated carbocycles. The first kappa shape index (κ1) is 16.2. The van der Waals surface area contributed by atoms with Crippen molar-refractivity contribution in [3.05, 3.63) is 0 Å². The second-order valence-corrected chi connectivity index (χ2v) is 9.11. The predicted molar refractivity (Wildman–Crippen MR) is 80.5 cm³/mol. The summed E-state index contributed by atoms with van der Waals surface area (Å²) in [5.41, 5.74) is 0.0870. The summed E-state index contributed by atoms with van der Waals surface area (Å²) in [5.74, 6) is 0.661. The molecule has 1 aliphatic carbocycles. The van der Waals surface area contributed by atoms with E-state index in [0.29, 0.717) is 5.92 Å². The monoisotopic (exact) mass is 304 g/mol. The molecule has 0 bridgehead atoms. The van der Waals surface area contributed by atoms with Crippen LogP contribution in [0.15, 0.2) is 0 Å². The number of hydrogen-bond donors (Lipinski definition) is 2. The van der Waals surface area contributed by atoms with Crippen molar-refractivity contribution in [2.75, 3.05) is 32.1 Å². The standard InChI is InChI=1S/C14H28N2O3S/c1-11-5-4-6-14(7-11,16(2)3)10-15-12-8-20(18,19)9-13(12)17/h11-13,15,17H,4-10H2,1-3H3. The van der Waals surface area contributed by atoms with E-state index in [0.717, 1.165) is 19.4 Å². The first-order valence-corrected chi connectivity index (χ1v) is 9.35. The third-order valence-corrected chi connectivity index (χ3v) is 6.75. The molecule has 20 heavy (non-hydrogen) atoms. The van der Waals surface area contributed by atoms with Gasteiger partial charge in [0.25, 0.3) is 0 Å². The average molecular weight is 304 g/mol. The Bertz CT molecular complexity index is 438. The van der Waals surface area contributed by atoms with Gasteiger partial charge >= 0.3 is 0 Å². The normalized spacial score (nSPS) is 41.1. The topological polar surface area (TPSA) is 69.6 Å². The van der Waals surface area contributed by atoms with Gasteiger partial charge in [0.2, 0.25) is 0 Å². The Kier molecular flexibility index (Phi) is 4.79. The van der Waals surface area contributed by atoms with E-state index in [1.165, 1.54) is 12.8 Å². The first-order chi connectivity index (χ1) is 9.24. The quantitative estimate of drug-likeness (QED) is 0.779. The van der Waals surface area contributed by atoms with E-state index in [-0.39, 0.29) is 23.1 Å². The molecule has 1 saturated heterocycles. The Morgan fingerprint density at radius 1 is 1.35 bits per heavy atom. The molecule has 0 aromatic rings. The third kappa shape index (κ3) is 3.53. The highest BCUT2D eigenvalue weighted by Crippen LogP contribution is 2.35. The smallest absolute Gasteiger partial charge is 0.154 e. The number of aliphatic hydroxyl groups is 1. The lowest BCUT2D eigenvalue weighted by Crippen LogP contribution is -2.57. The maximum absolute atomic E-state index is 11.6. The summed E-state index contributed by atoms with van der Waals surface area (Å²) in [4.78, 5) is 2.27. The third-order valence-electron chi connectivity index (χ3n) is 5.03. The van der Waals surface area contributed by atoms with Crippen molar-refractivity contribution in [1.29, 1.82) is 0 Å². The van der Waals surface area contributed by atoms with E-state index in [2.05, 4.69) is 31.2 Å². The molecule has 0 aromatic heterocycles. The second-order valence-electron chi connectivity index (χ2n) is 6.95. The van der Waals surface area contributed by atoms with Crippen molar-refractivity contribution in [1.82, 2.24) is 10.2 Å². The molecule has 118 valence electrons. The fourth-order valence-electron chi connectivity index (χ4n) is 3.70. The van der Waals surface area contributed by atoms with Gasteiger partial charge in [0, 0.05) is 18.1 Å². The Labute approximate surface area is 122 Å². The lowest BCUT2D eigenvalue weighted by atomic mass is 9.75. The number of hydrogen-bond acceptors (Lipinski definition) is 5. The molecule has 0 amide bonds. The first-order valence-electron chi connectivity index (χ1n) is 7.53. The zero-order chi connectivity index (χ0) is 15.0. The molecule has 0 aromatic carbocycles. The molecule has 2 rings (SSSR count). The maximum atomic E-state index is 11.6. The molecular weight excluding hydrogens is 276 g/mol. The molecule has 6 heteroatoms. The molecular formula is C14H28N2O3S. The van der Waals surface area contributed by atoms with E-state index in [1.54, 1.807) is 0 Å². The molecule has 2 aliphatic rings. The molecule has 0 radical (unpaired) electrons. The van der Waals surface area contributed by atoms with Crippen LogP contribution in [0.25, 0.3) is 0 Å². The predicted octanol–water partition coefficient (Wildman–Crippen LogP) is 0.244. The zero-order valence-corrected chi connectivity index (χ0v) is 13.6. The van der Waals surface area contributed by atoms with Gasteiger partial charge in [-0.3, -0.25) is 0 Å².